The molecule has 0 spiro atoms. The average molecular weight is 441 g/mol. The Labute approximate surface area is 184 Å². The van der Waals surface area contributed by atoms with Gasteiger partial charge < -0.3 is 15.4 Å². The first-order valence-electron chi connectivity index (χ1n) is 9.31. The minimum atomic E-state index is -0.386. The van der Waals surface area contributed by atoms with Crippen molar-refractivity contribution in [3.05, 3.63) is 92.8 Å². The summed E-state index contributed by atoms with van der Waals surface area (Å²) in [4.78, 5) is 26.1. The number of ether oxygens (including phenoxy) is 1. The van der Waals surface area contributed by atoms with E-state index in [2.05, 4.69) is 10.6 Å². The summed E-state index contributed by atoms with van der Waals surface area (Å²) in [5.41, 5.74) is 1.71. The number of rotatable bonds is 8. The smallest absolute Gasteiger partial charge is 0.267 e. The van der Waals surface area contributed by atoms with Crippen LogP contribution < -0.4 is 15.4 Å². The number of nitrogens with one attached hydrogen (secondary N) is 2. The number of aryl methyl sites for hydroxylation is 1. The van der Waals surface area contributed by atoms with Crippen LogP contribution in [0.15, 0.2) is 71.7 Å². The molecule has 154 valence electrons. The molecule has 1 aromatic heterocycles. The van der Waals surface area contributed by atoms with E-state index in [-0.39, 0.29) is 30.7 Å². The van der Waals surface area contributed by atoms with Gasteiger partial charge in [0.05, 0.1) is 6.54 Å². The molecular weight excluding hydrogens is 420 g/mol. The lowest BCUT2D eigenvalue weighted by atomic mass is 10.1. The van der Waals surface area contributed by atoms with Crippen LogP contribution in [0, 0.1) is 6.92 Å². The second-order valence-electron chi connectivity index (χ2n) is 6.45. The van der Waals surface area contributed by atoms with Crippen molar-refractivity contribution in [1.82, 2.24) is 10.6 Å². The van der Waals surface area contributed by atoms with E-state index in [0.29, 0.717) is 16.3 Å². The van der Waals surface area contributed by atoms with Gasteiger partial charge in [0.15, 0.2) is 0 Å². The summed E-state index contributed by atoms with van der Waals surface area (Å²) in [6, 6.07) is 17.9. The Bertz CT molecular complexity index is 1010. The molecular formula is C23H21ClN2O3S. The quantitative estimate of drug-likeness (QED) is 0.395. The number of halogens is 1. The topological polar surface area (TPSA) is 67.4 Å². The minimum absolute atomic E-state index is 0.175. The molecule has 0 radical (unpaired) electrons. The highest BCUT2D eigenvalue weighted by Crippen LogP contribution is 2.15. The van der Waals surface area contributed by atoms with Crippen molar-refractivity contribution in [3.8, 4) is 5.75 Å². The van der Waals surface area contributed by atoms with E-state index in [0.717, 1.165) is 10.4 Å². The van der Waals surface area contributed by atoms with Gasteiger partial charge in [0.2, 0.25) is 0 Å². The number of hydrogen-bond donors (Lipinski definition) is 2. The maximum atomic E-state index is 12.7. The third-order valence-corrected chi connectivity index (χ3v) is 5.18. The van der Waals surface area contributed by atoms with Crippen LogP contribution in [0.25, 0.3) is 6.08 Å². The van der Waals surface area contributed by atoms with Crippen LogP contribution in [0.5, 0.6) is 5.75 Å². The highest BCUT2D eigenvalue weighted by Gasteiger charge is 2.14. The van der Waals surface area contributed by atoms with Crippen LogP contribution in [0.4, 0.5) is 0 Å². The molecule has 0 fully saturated rings. The predicted octanol–water partition coefficient (Wildman–Crippen LogP) is 4.68. The highest BCUT2D eigenvalue weighted by molar-refractivity contribution is 7.10. The number of thiophene rings is 1. The normalized spacial score (nSPS) is 11.1. The zero-order valence-electron chi connectivity index (χ0n) is 16.4. The first kappa shape index (κ1) is 21.6. The van der Waals surface area contributed by atoms with Crippen molar-refractivity contribution in [2.75, 3.05) is 13.2 Å². The Morgan fingerprint density at radius 1 is 1.07 bits per heavy atom. The van der Waals surface area contributed by atoms with Crippen molar-refractivity contribution in [3.63, 3.8) is 0 Å². The first-order chi connectivity index (χ1) is 14.5. The number of carbonyl (C=O) groups is 2. The van der Waals surface area contributed by atoms with Crippen LogP contribution in [-0.4, -0.2) is 25.0 Å². The van der Waals surface area contributed by atoms with Gasteiger partial charge in [0.1, 0.15) is 18.1 Å². The largest absolute Gasteiger partial charge is 0.492 e. The number of benzene rings is 2. The molecule has 7 heteroatoms. The minimum Gasteiger partial charge on any atom is -0.492 e. The van der Waals surface area contributed by atoms with E-state index in [4.69, 9.17) is 16.3 Å². The van der Waals surface area contributed by atoms with Crippen LogP contribution >= 0.6 is 22.9 Å². The highest BCUT2D eigenvalue weighted by atomic mass is 35.5. The summed E-state index contributed by atoms with van der Waals surface area (Å²) < 4.78 is 5.58. The zero-order chi connectivity index (χ0) is 21.3. The fourth-order valence-corrected chi connectivity index (χ4v) is 3.32. The summed E-state index contributed by atoms with van der Waals surface area (Å²) in [6.07, 6.45) is 1.66. The molecule has 0 unspecified atom stereocenters. The predicted molar refractivity (Wildman–Crippen MR) is 121 cm³/mol. The summed E-state index contributed by atoms with van der Waals surface area (Å²) in [7, 11) is 0. The second kappa shape index (κ2) is 10.6. The Morgan fingerprint density at radius 3 is 2.47 bits per heavy atom. The van der Waals surface area contributed by atoms with Crippen LogP contribution in [0.2, 0.25) is 5.02 Å². The molecule has 1 heterocycles. The SMILES string of the molecule is Cc1ccc(C(=O)N/C(=C\c2cccs2)C(=O)NCCOc2ccc(Cl)cc2)cc1. The van der Waals surface area contributed by atoms with Gasteiger partial charge in [-0.2, -0.15) is 0 Å². The molecule has 0 aliphatic heterocycles. The third kappa shape index (κ3) is 6.47. The van der Waals surface area contributed by atoms with Crippen molar-refractivity contribution >= 4 is 40.8 Å². The lowest BCUT2D eigenvalue weighted by Gasteiger charge is -2.12. The van der Waals surface area contributed by atoms with Crippen molar-refractivity contribution < 1.29 is 14.3 Å². The zero-order valence-corrected chi connectivity index (χ0v) is 17.9. The molecule has 0 saturated carbocycles. The van der Waals surface area contributed by atoms with Gasteiger partial charge in [-0.15, -0.1) is 11.3 Å². The van der Waals surface area contributed by atoms with E-state index in [1.165, 1.54) is 11.3 Å². The monoisotopic (exact) mass is 440 g/mol. The second-order valence-corrected chi connectivity index (χ2v) is 7.87. The molecule has 2 aromatic carbocycles. The molecule has 3 rings (SSSR count). The first-order valence-corrected chi connectivity index (χ1v) is 10.6. The standard InChI is InChI=1S/C23H21ClN2O3S/c1-16-4-6-17(7-5-16)22(27)26-21(15-20-3-2-14-30-20)23(28)25-12-13-29-19-10-8-18(24)9-11-19/h2-11,14-15H,12-13H2,1H3,(H,25,28)(H,26,27)/b21-15-. The summed E-state index contributed by atoms with van der Waals surface area (Å²) >= 11 is 7.33. The molecule has 3 aromatic rings. The van der Waals surface area contributed by atoms with Crippen molar-refractivity contribution in [2.45, 2.75) is 6.92 Å². The molecule has 0 aliphatic rings. The number of amides is 2. The van der Waals surface area contributed by atoms with Gasteiger partial charge in [-0.1, -0.05) is 35.4 Å². The fourth-order valence-electron chi connectivity index (χ4n) is 2.53. The maximum Gasteiger partial charge on any atom is 0.267 e. The van der Waals surface area contributed by atoms with Crippen molar-refractivity contribution in [1.29, 1.82) is 0 Å². The molecule has 30 heavy (non-hydrogen) atoms. The van der Waals surface area contributed by atoms with Gasteiger partial charge in [0.25, 0.3) is 11.8 Å². The van der Waals surface area contributed by atoms with Crippen LogP contribution in [0.1, 0.15) is 20.8 Å². The summed E-state index contributed by atoms with van der Waals surface area (Å²) in [6.45, 7) is 2.51. The lowest BCUT2D eigenvalue weighted by Crippen LogP contribution is -2.36. The fraction of sp³-hybridized carbons (Fsp3) is 0.130. The molecule has 2 N–H and O–H groups in total. The Hall–Kier alpha value is -3.09. The molecule has 2 amide bonds. The molecule has 0 bridgehead atoms. The lowest BCUT2D eigenvalue weighted by molar-refractivity contribution is -0.117. The Morgan fingerprint density at radius 2 is 1.80 bits per heavy atom. The van der Waals surface area contributed by atoms with Crippen LogP contribution in [0.3, 0.4) is 0 Å². The average Bonchev–Trinajstić information content (AvgIpc) is 3.25. The molecule has 0 saturated heterocycles. The molecule has 0 aliphatic carbocycles. The Kier molecular flexibility index (Phi) is 7.65. The van der Waals surface area contributed by atoms with Crippen molar-refractivity contribution in [2.24, 2.45) is 0 Å². The van der Waals surface area contributed by atoms with Gasteiger partial charge in [-0.3, -0.25) is 9.59 Å². The van der Waals surface area contributed by atoms with E-state index in [9.17, 15) is 9.59 Å². The number of carbonyl (C=O) groups excluding carboxylic acids is 2. The van der Waals surface area contributed by atoms with Crippen LogP contribution in [-0.2, 0) is 4.79 Å². The third-order valence-electron chi connectivity index (χ3n) is 4.11. The molecule has 5 nitrogen and oxygen atoms in total. The van der Waals surface area contributed by atoms with Gasteiger partial charge in [-0.05, 0) is 60.8 Å². The van der Waals surface area contributed by atoms with E-state index < -0.39 is 0 Å². The van der Waals surface area contributed by atoms with E-state index in [1.807, 2.05) is 36.6 Å². The van der Waals surface area contributed by atoms with Gasteiger partial charge in [-0.25, -0.2) is 0 Å². The van der Waals surface area contributed by atoms with Gasteiger partial charge >= 0.3 is 0 Å². The molecule has 0 atom stereocenters. The van der Waals surface area contributed by atoms with E-state index in [1.54, 1.807) is 42.5 Å². The Balaban J connectivity index is 1.61. The van der Waals surface area contributed by atoms with Gasteiger partial charge in [0, 0.05) is 15.5 Å². The summed E-state index contributed by atoms with van der Waals surface area (Å²) in [5.74, 6) is -0.0652. The van der Waals surface area contributed by atoms with E-state index >= 15 is 0 Å². The number of hydrogen-bond acceptors (Lipinski definition) is 4. The maximum absolute atomic E-state index is 12.7. The summed E-state index contributed by atoms with van der Waals surface area (Å²) in [5, 5.41) is 8.03.